The van der Waals surface area contributed by atoms with Gasteiger partial charge in [-0.25, -0.2) is 0 Å². The molecule has 1 fully saturated rings. The highest BCUT2D eigenvalue weighted by atomic mass is 14.9. The van der Waals surface area contributed by atoms with Gasteiger partial charge in [-0.05, 0) is 30.1 Å². The lowest BCUT2D eigenvalue weighted by molar-refractivity contribution is 0.0764. The Labute approximate surface area is 75.7 Å². The van der Waals surface area contributed by atoms with Crippen LogP contribution in [-0.2, 0) is 0 Å². The topological polar surface area (TPSA) is 52.0 Å². The summed E-state index contributed by atoms with van der Waals surface area (Å²) in [6.45, 7) is 6.85. The van der Waals surface area contributed by atoms with E-state index < -0.39 is 0 Å². The summed E-state index contributed by atoms with van der Waals surface area (Å²) in [5, 5.41) is 0. The Morgan fingerprint density at radius 1 is 1.08 bits per heavy atom. The van der Waals surface area contributed by atoms with Crippen molar-refractivity contribution >= 4 is 0 Å². The molecule has 0 heterocycles. The largest absolute Gasteiger partial charge is 0.316 e. The normalized spacial score (nSPS) is 35.5. The van der Waals surface area contributed by atoms with Gasteiger partial charge in [0.05, 0.1) is 6.17 Å². The van der Waals surface area contributed by atoms with Crippen LogP contribution in [0.4, 0.5) is 0 Å². The fourth-order valence-electron chi connectivity index (χ4n) is 2.53. The molecule has 1 rings (SSSR count). The lowest BCUT2D eigenvalue weighted by Crippen LogP contribution is -2.50. The molecule has 0 aromatic heterocycles. The second kappa shape index (κ2) is 3.00. The van der Waals surface area contributed by atoms with Crippen molar-refractivity contribution in [1.29, 1.82) is 0 Å². The molecular formula is C10H22N2. The van der Waals surface area contributed by atoms with Crippen molar-refractivity contribution in [1.82, 2.24) is 0 Å². The third-order valence-electron chi connectivity index (χ3n) is 3.29. The number of nitrogens with two attached hydrogens (primary N) is 2. The maximum atomic E-state index is 5.80. The summed E-state index contributed by atoms with van der Waals surface area (Å²) >= 11 is 0. The minimum Gasteiger partial charge on any atom is -0.316 e. The molecule has 72 valence electrons. The molecule has 1 atom stereocenters. The molecule has 0 aromatic rings. The molecule has 12 heavy (non-hydrogen) atoms. The van der Waals surface area contributed by atoms with Crippen molar-refractivity contribution in [3.63, 3.8) is 0 Å². The maximum Gasteiger partial charge on any atom is 0.0576 e. The van der Waals surface area contributed by atoms with Crippen molar-refractivity contribution in [3.05, 3.63) is 0 Å². The second-order valence-electron chi connectivity index (χ2n) is 5.37. The van der Waals surface area contributed by atoms with Gasteiger partial charge in [-0.2, -0.15) is 0 Å². The number of hydrogen-bond acceptors (Lipinski definition) is 2. The molecule has 2 heteroatoms. The minimum atomic E-state index is -0.155. The van der Waals surface area contributed by atoms with Crippen LogP contribution >= 0.6 is 0 Å². The van der Waals surface area contributed by atoms with Gasteiger partial charge in [0.25, 0.3) is 0 Å². The molecule has 0 aliphatic heterocycles. The molecule has 2 nitrogen and oxygen atoms in total. The first-order valence-electron chi connectivity index (χ1n) is 4.87. The smallest absolute Gasteiger partial charge is 0.0576 e. The zero-order valence-electron chi connectivity index (χ0n) is 8.56. The standard InChI is InChI=1S/C10H22N2/c1-9(2)5-4-6-10(3,7-9)8(11)12/h8H,4-7,11-12H2,1-3H3. The Balaban J connectivity index is 2.68. The van der Waals surface area contributed by atoms with E-state index in [9.17, 15) is 0 Å². The van der Waals surface area contributed by atoms with E-state index in [4.69, 9.17) is 11.5 Å². The lowest BCUT2D eigenvalue weighted by atomic mass is 9.63. The van der Waals surface area contributed by atoms with Crippen LogP contribution in [0.25, 0.3) is 0 Å². The molecule has 1 saturated carbocycles. The van der Waals surface area contributed by atoms with Crippen LogP contribution in [0.2, 0.25) is 0 Å². The van der Waals surface area contributed by atoms with E-state index in [2.05, 4.69) is 20.8 Å². The minimum absolute atomic E-state index is 0.155. The predicted octanol–water partition coefficient (Wildman–Crippen LogP) is 1.84. The Kier molecular flexibility index (Phi) is 2.50. The van der Waals surface area contributed by atoms with Gasteiger partial charge in [-0.1, -0.05) is 27.2 Å². The van der Waals surface area contributed by atoms with Gasteiger partial charge in [0, 0.05) is 0 Å². The van der Waals surface area contributed by atoms with E-state index >= 15 is 0 Å². The molecule has 0 aromatic carbocycles. The molecular weight excluding hydrogens is 148 g/mol. The maximum absolute atomic E-state index is 5.80. The van der Waals surface area contributed by atoms with Crippen LogP contribution in [0.5, 0.6) is 0 Å². The highest BCUT2D eigenvalue weighted by Crippen LogP contribution is 2.46. The van der Waals surface area contributed by atoms with Crippen LogP contribution in [0, 0.1) is 10.8 Å². The van der Waals surface area contributed by atoms with Crippen molar-refractivity contribution in [2.45, 2.75) is 52.6 Å². The Morgan fingerprint density at radius 3 is 2.00 bits per heavy atom. The second-order valence-corrected chi connectivity index (χ2v) is 5.37. The van der Waals surface area contributed by atoms with Gasteiger partial charge in [0.1, 0.15) is 0 Å². The molecule has 0 radical (unpaired) electrons. The molecule has 0 saturated heterocycles. The van der Waals surface area contributed by atoms with Crippen molar-refractivity contribution in [2.24, 2.45) is 22.3 Å². The molecule has 1 aliphatic rings. The molecule has 0 amide bonds. The quantitative estimate of drug-likeness (QED) is 0.590. The molecule has 4 N–H and O–H groups in total. The summed E-state index contributed by atoms with van der Waals surface area (Å²) in [6.07, 6.45) is 4.78. The summed E-state index contributed by atoms with van der Waals surface area (Å²) in [5.74, 6) is 0. The van der Waals surface area contributed by atoms with Gasteiger partial charge in [-0.3, -0.25) is 0 Å². The fourth-order valence-corrected chi connectivity index (χ4v) is 2.53. The van der Waals surface area contributed by atoms with E-state index in [1.165, 1.54) is 19.3 Å². The van der Waals surface area contributed by atoms with Gasteiger partial charge < -0.3 is 11.5 Å². The average Bonchev–Trinajstić information content (AvgIpc) is 1.83. The first-order valence-corrected chi connectivity index (χ1v) is 4.87. The summed E-state index contributed by atoms with van der Waals surface area (Å²) in [4.78, 5) is 0. The van der Waals surface area contributed by atoms with E-state index in [1.54, 1.807) is 0 Å². The Bertz CT molecular complexity index is 163. The van der Waals surface area contributed by atoms with Crippen molar-refractivity contribution in [3.8, 4) is 0 Å². The average molecular weight is 170 g/mol. The van der Waals surface area contributed by atoms with E-state index in [1.807, 2.05) is 0 Å². The summed E-state index contributed by atoms with van der Waals surface area (Å²) in [7, 11) is 0. The molecule has 0 spiro atoms. The summed E-state index contributed by atoms with van der Waals surface area (Å²) in [6, 6.07) is 0. The van der Waals surface area contributed by atoms with Gasteiger partial charge in [0.2, 0.25) is 0 Å². The summed E-state index contributed by atoms with van der Waals surface area (Å²) in [5.41, 5.74) is 12.2. The van der Waals surface area contributed by atoms with Gasteiger partial charge in [-0.15, -0.1) is 0 Å². The third kappa shape index (κ3) is 1.99. The fraction of sp³-hybridized carbons (Fsp3) is 1.00. The SMILES string of the molecule is CC1(C)CCCC(C)(C(N)N)C1. The van der Waals surface area contributed by atoms with Gasteiger partial charge >= 0.3 is 0 Å². The van der Waals surface area contributed by atoms with Crippen LogP contribution in [0.1, 0.15) is 46.5 Å². The van der Waals surface area contributed by atoms with Crippen LogP contribution < -0.4 is 11.5 Å². The van der Waals surface area contributed by atoms with Crippen LogP contribution in [-0.4, -0.2) is 6.17 Å². The third-order valence-corrected chi connectivity index (χ3v) is 3.29. The first-order chi connectivity index (χ1) is 5.36. The Morgan fingerprint density at radius 2 is 1.67 bits per heavy atom. The zero-order valence-corrected chi connectivity index (χ0v) is 8.56. The monoisotopic (exact) mass is 170 g/mol. The summed E-state index contributed by atoms with van der Waals surface area (Å²) < 4.78 is 0. The highest BCUT2D eigenvalue weighted by Gasteiger charge is 2.39. The lowest BCUT2D eigenvalue weighted by Gasteiger charge is -2.44. The van der Waals surface area contributed by atoms with E-state index in [0.29, 0.717) is 5.41 Å². The number of hydrogen-bond donors (Lipinski definition) is 2. The van der Waals surface area contributed by atoms with Crippen molar-refractivity contribution in [2.75, 3.05) is 0 Å². The van der Waals surface area contributed by atoms with Gasteiger partial charge in [0.15, 0.2) is 0 Å². The zero-order chi connectivity index (χ0) is 9.41. The van der Waals surface area contributed by atoms with E-state index in [0.717, 1.165) is 6.42 Å². The highest BCUT2D eigenvalue weighted by molar-refractivity contribution is 4.91. The molecule has 1 unspecified atom stereocenters. The van der Waals surface area contributed by atoms with Crippen LogP contribution in [0.15, 0.2) is 0 Å². The Hall–Kier alpha value is -0.0800. The first kappa shape index (κ1) is 10.0. The molecule has 1 aliphatic carbocycles. The molecule has 0 bridgehead atoms. The van der Waals surface area contributed by atoms with Crippen molar-refractivity contribution < 1.29 is 0 Å². The predicted molar refractivity (Wildman–Crippen MR) is 52.5 cm³/mol. The van der Waals surface area contributed by atoms with Crippen LogP contribution in [0.3, 0.4) is 0 Å². The number of rotatable bonds is 1. The van der Waals surface area contributed by atoms with E-state index in [-0.39, 0.29) is 11.6 Å².